The molecule has 194 valence electrons. The van der Waals surface area contributed by atoms with Gasteiger partial charge in [0.15, 0.2) is 0 Å². The first kappa shape index (κ1) is 28.4. The fraction of sp³-hybridized carbons (Fsp3) is 0.400. The van der Waals surface area contributed by atoms with Crippen LogP contribution in [0.3, 0.4) is 0 Å². The number of rotatable bonds is 14. The topological polar surface area (TPSA) is 149 Å². The molecule has 0 bridgehead atoms. The van der Waals surface area contributed by atoms with Crippen molar-refractivity contribution >= 4 is 24.2 Å². The summed E-state index contributed by atoms with van der Waals surface area (Å²) in [6, 6.07) is 7.35. The van der Waals surface area contributed by atoms with Gasteiger partial charge in [-0.15, -0.1) is 0 Å². The minimum Gasteiger partial charge on any atom is -0.478 e. The number of nitrogens with one attached hydrogen (secondary N) is 2. The van der Waals surface area contributed by atoms with Crippen LogP contribution < -0.4 is 10.6 Å². The molecule has 0 radical (unpaired) electrons. The maximum atomic E-state index is 13.7. The largest absolute Gasteiger partial charge is 0.478 e. The Morgan fingerprint density at radius 2 is 1.89 bits per heavy atom. The first-order chi connectivity index (χ1) is 17.2. The number of hydrogen-bond donors (Lipinski definition) is 4. The predicted octanol–water partition coefficient (Wildman–Crippen LogP) is 3.21. The highest BCUT2D eigenvalue weighted by molar-refractivity contribution is 5.93. The molecule has 2 atom stereocenters. The van der Waals surface area contributed by atoms with Crippen molar-refractivity contribution in [2.45, 2.75) is 52.0 Å². The minimum atomic E-state index is -1.42. The van der Waals surface area contributed by atoms with Gasteiger partial charge in [0.2, 0.25) is 12.3 Å². The average Bonchev–Trinajstić information content (AvgIpc) is 2.88. The second kappa shape index (κ2) is 13.9. The van der Waals surface area contributed by atoms with Crippen LogP contribution in [0.1, 0.15) is 66.8 Å². The maximum Gasteiger partial charge on any atom is 0.338 e. The van der Waals surface area contributed by atoms with Crippen molar-refractivity contribution in [2.24, 2.45) is 5.92 Å². The molecular weight excluding hydrogens is 471 g/mol. The van der Waals surface area contributed by atoms with Crippen molar-refractivity contribution in [3.63, 3.8) is 0 Å². The summed E-state index contributed by atoms with van der Waals surface area (Å²) in [4.78, 5) is 51.9. The first-order valence-corrected chi connectivity index (χ1v) is 11.7. The van der Waals surface area contributed by atoms with E-state index in [0.29, 0.717) is 23.5 Å². The minimum absolute atomic E-state index is 0.0105. The number of amides is 3. The van der Waals surface area contributed by atoms with Crippen LogP contribution in [-0.2, 0) is 9.59 Å². The fourth-order valence-electron chi connectivity index (χ4n) is 3.85. The lowest BCUT2D eigenvalue weighted by Gasteiger charge is -2.29. The molecule has 0 spiro atoms. The number of halogens is 1. The quantitative estimate of drug-likeness (QED) is 0.102. The summed E-state index contributed by atoms with van der Waals surface area (Å²) in [6.07, 6.45) is 3.70. The zero-order valence-corrected chi connectivity index (χ0v) is 20.2. The molecule has 0 saturated heterocycles. The lowest BCUT2D eigenvalue weighted by molar-refractivity contribution is -0.168. The zero-order valence-electron chi connectivity index (χ0n) is 20.2. The van der Waals surface area contributed by atoms with E-state index in [-0.39, 0.29) is 24.5 Å². The van der Waals surface area contributed by atoms with E-state index in [1.165, 1.54) is 12.1 Å². The Bertz CT molecular complexity index is 1080. The molecule has 0 fully saturated rings. The highest BCUT2D eigenvalue weighted by Crippen LogP contribution is 2.22. The summed E-state index contributed by atoms with van der Waals surface area (Å²) in [5.41, 5.74) is 0.0898. The van der Waals surface area contributed by atoms with Crippen molar-refractivity contribution in [2.75, 3.05) is 6.67 Å². The van der Waals surface area contributed by atoms with Gasteiger partial charge < -0.3 is 15.7 Å². The first-order valence-electron chi connectivity index (χ1n) is 11.7. The van der Waals surface area contributed by atoms with Crippen LogP contribution in [0.5, 0.6) is 0 Å². The van der Waals surface area contributed by atoms with Gasteiger partial charge in [-0.3, -0.25) is 19.6 Å². The van der Waals surface area contributed by atoms with Crippen LogP contribution >= 0.6 is 0 Å². The molecule has 2 aromatic rings. The Morgan fingerprint density at radius 1 is 1.14 bits per heavy atom. The van der Waals surface area contributed by atoms with Gasteiger partial charge in [0.1, 0.15) is 11.5 Å². The number of hydrogen-bond acceptors (Lipinski definition) is 6. The van der Waals surface area contributed by atoms with E-state index < -0.39 is 41.1 Å². The number of benzene rings is 1. The number of pyridine rings is 1. The molecule has 3 amide bonds. The standard InChI is InChI=1S/C25H31FN4O6/c1-3-5-6-8-17(22(4-2)30(36)15-31)23(32)27-14-28-24(33)21-10-7-9-20(29-21)16-11-12-19(26)18(13-16)25(34)35/h7,9-13,15,17,22,36H,3-6,8,14H2,1-2H3,(H,27,32)(H,28,33)(H,34,35)/t17-,22-/m1/s1. The van der Waals surface area contributed by atoms with E-state index in [4.69, 9.17) is 5.11 Å². The molecule has 0 aliphatic carbocycles. The molecule has 1 aromatic carbocycles. The molecule has 2 rings (SSSR count). The summed E-state index contributed by atoms with van der Waals surface area (Å²) >= 11 is 0. The molecule has 0 unspecified atom stereocenters. The van der Waals surface area contributed by atoms with Gasteiger partial charge in [-0.2, -0.15) is 0 Å². The predicted molar refractivity (Wildman–Crippen MR) is 128 cm³/mol. The molecule has 1 aromatic heterocycles. The van der Waals surface area contributed by atoms with E-state index >= 15 is 0 Å². The number of carboxylic acid groups (broad SMARTS) is 1. The third-order valence-electron chi connectivity index (χ3n) is 5.77. The van der Waals surface area contributed by atoms with Gasteiger partial charge >= 0.3 is 5.97 Å². The third kappa shape index (κ3) is 7.57. The summed E-state index contributed by atoms with van der Waals surface area (Å²) in [7, 11) is 0. The highest BCUT2D eigenvalue weighted by atomic mass is 19.1. The van der Waals surface area contributed by atoms with E-state index in [1.54, 1.807) is 19.1 Å². The Morgan fingerprint density at radius 3 is 2.53 bits per heavy atom. The molecule has 36 heavy (non-hydrogen) atoms. The molecule has 0 aliphatic rings. The van der Waals surface area contributed by atoms with E-state index in [1.807, 2.05) is 6.92 Å². The third-order valence-corrected chi connectivity index (χ3v) is 5.77. The number of carboxylic acids is 1. The molecule has 0 saturated carbocycles. The Kier molecular flexibility index (Phi) is 10.9. The van der Waals surface area contributed by atoms with Crippen LogP contribution in [0.25, 0.3) is 11.3 Å². The summed E-state index contributed by atoms with van der Waals surface area (Å²) in [5, 5.41) is 24.7. The number of aromatic carboxylic acids is 1. The van der Waals surface area contributed by atoms with Crippen LogP contribution in [-0.4, -0.2) is 57.3 Å². The number of nitrogens with zero attached hydrogens (tertiary/aromatic N) is 2. The molecule has 0 aliphatic heterocycles. The molecule has 4 N–H and O–H groups in total. The van der Waals surface area contributed by atoms with E-state index in [9.17, 15) is 28.8 Å². The van der Waals surface area contributed by atoms with Crippen LogP contribution in [0.15, 0.2) is 36.4 Å². The Labute approximate surface area is 208 Å². The Hall–Kier alpha value is -3.86. The number of aromatic nitrogens is 1. The highest BCUT2D eigenvalue weighted by Gasteiger charge is 2.30. The molecule has 1 heterocycles. The number of hydroxylamine groups is 2. The SMILES string of the molecule is CCCCC[C@@H](C(=O)NCNC(=O)c1cccc(-c2ccc(F)c(C(=O)O)c2)n1)[C@@H](CC)N(O)C=O. The summed E-state index contributed by atoms with van der Waals surface area (Å²) < 4.78 is 13.7. The van der Waals surface area contributed by atoms with Gasteiger partial charge in [0, 0.05) is 5.56 Å². The van der Waals surface area contributed by atoms with E-state index in [0.717, 1.165) is 31.4 Å². The Balaban J connectivity index is 2.06. The average molecular weight is 503 g/mol. The van der Waals surface area contributed by atoms with Gasteiger partial charge in [0.05, 0.1) is 29.9 Å². The lowest BCUT2D eigenvalue weighted by atomic mass is 9.90. The van der Waals surface area contributed by atoms with Crippen LogP contribution in [0.4, 0.5) is 4.39 Å². The zero-order chi connectivity index (χ0) is 26.7. The number of carbonyl (C=O) groups is 4. The van der Waals surface area contributed by atoms with Gasteiger partial charge in [-0.1, -0.05) is 39.2 Å². The molecular formula is C25H31FN4O6. The monoisotopic (exact) mass is 502 g/mol. The maximum absolute atomic E-state index is 13.7. The summed E-state index contributed by atoms with van der Waals surface area (Å²) in [6.45, 7) is 3.57. The summed E-state index contributed by atoms with van der Waals surface area (Å²) in [5.74, 6) is -3.96. The van der Waals surface area contributed by atoms with E-state index in [2.05, 4.69) is 15.6 Å². The smallest absolute Gasteiger partial charge is 0.338 e. The van der Waals surface area contributed by atoms with Crippen LogP contribution in [0, 0.1) is 11.7 Å². The molecule has 10 nitrogen and oxygen atoms in total. The molecule has 11 heteroatoms. The van der Waals surface area contributed by atoms with Gasteiger partial charge in [-0.25, -0.2) is 19.2 Å². The normalized spacial score (nSPS) is 12.3. The van der Waals surface area contributed by atoms with Gasteiger partial charge in [-0.05, 0) is 43.2 Å². The van der Waals surface area contributed by atoms with Gasteiger partial charge in [0.25, 0.3) is 5.91 Å². The van der Waals surface area contributed by atoms with Crippen molar-refractivity contribution in [1.82, 2.24) is 20.7 Å². The van der Waals surface area contributed by atoms with Crippen molar-refractivity contribution in [1.29, 1.82) is 0 Å². The fourth-order valence-corrected chi connectivity index (χ4v) is 3.85. The second-order valence-electron chi connectivity index (χ2n) is 8.19. The lowest BCUT2D eigenvalue weighted by Crippen LogP contribution is -2.47. The van der Waals surface area contributed by atoms with Crippen molar-refractivity contribution < 1.29 is 33.9 Å². The van der Waals surface area contributed by atoms with Crippen molar-refractivity contribution in [3.8, 4) is 11.3 Å². The second-order valence-corrected chi connectivity index (χ2v) is 8.19. The van der Waals surface area contributed by atoms with Crippen LogP contribution in [0.2, 0.25) is 0 Å². The van der Waals surface area contributed by atoms with Crippen molar-refractivity contribution in [3.05, 3.63) is 53.5 Å². The number of unbranched alkanes of at least 4 members (excludes halogenated alkanes) is 2. The number of carbonyl (C=O) groups excluding carboxylic acids is 3.